The van der Waals surface area contributed by atoms with Gasteiger partial charge < -0.3 is 24.8 Å². The van der Waals surface area contributed by atoms with Crippen molar-refractivity contribution in [3.8, 4) is 0 Å². The van der Waals surface area contributed by atoms with Crippen molar-refractivity contribution in [2.45, 2.75) is 111 Å². The molecule has 0 N–H and O–H groups in total. The third-order valence-corrected chi connectivity index (χ3v) is 10.5. The van der Waals surface area contributed by atoms with E-state index in [0.29, 0.717) is 11.3 Å². The van der Waals surface area contributed by atoms with Gasteiger partial charge in [-0.3, -0.25) is 6.08 Å². The zero-order chi connectivity index (χ0) is 29.7. The van der Waals surface area contributed by atoms with Crippen LogP contribution < -0.4 is 24.8 Å². The molecule has 0 heterocycles. The quantitative estimate of drug-likeness (QED) is 0.324. The summed E-state index contributed by atoms with van der Waals surface area (Å²) >= 11 is 1.30. The van der Waals surface area contributed by atoms with Gasteiger partial charge in [0.05, 0.1) is 0 Å². The molecule has 0 spiro atoms. The molecule has 0 radical (unpaired) electrons. The van der Waals surface area contributed by atoms with Gasteiger partial charge in [0.25, 0.3) is 0 Å². The number of fused-ring (bicyclic) bond motifs is 3. The van der Waals surface area contributed by atoms with E-state index in [0.717, 1.165) is 17.8 Å². The monoisotopic (exact) mass is 692 g/mol. The summed E-state index contributed by atoms with van der Waals surface area (Å²) in [6, 6.07) is 16.2. The molecule has 0 aliphatic heterocycles. The zero-order valence-electron chi connectivity index (χ0n) is 27.8. The molecule has 0 amide bonds. The number of rotatable bonds is 2. The average Bonchev–Trinajstić information content (AvgIpc) is 3.40. The van der Waals surface area contributed by atoms with Crippen molar-refractivity contribution in [3.63, 3.8) is 0 Å². The van der Waals surface area contributed by atoms with Crippen molar-refractivity contribution < 1.29 is 49.0 Å². The molecule has 4 fully saturated rings. The van der Waals surface area contributed by atoms with E-state index in [4.69, 9.17) is 0 Å². The Labute approximate surface area is 290 Å². The predicted octanol–water partition coefficient (Wildman–Crippen LogP) is 5.20. The van der Waals surface area contributed by atoms with Gasteiger partial charge in [-0.2, -0.15) is 11.6 Å². The molecule has 3 aromatic rings. The maximum absolute atomic E-state index is 3.57. The van der Waals surface area contributed by atoms with Gasteiger partial charge in [0.15, 0.2) is 0 Å². The number of benzene rings is 2. The van der Waals surface area contributed by atoms with Crippen molar-refractivity contribution in [2.75, 3.05) is 0 Å². The van der Waals surface area contributed by atoms with Crippen LogP contribution >= 0.6 is 0 Å². The molecule has 3 aromatic carbocycles. The molecule has 4 bridgehead atoms. The second-order valence-electron chi connectivity index (χ2n) is 16.1. The number of hydrogen-bond donors (Lipinski definition) is 0. The van der Waals surface area contributed by atoms with Gasteiger partial charge >= 0.3 is 28.4 Å². The van der Waals surface area contributed by atoms with Gasteiger partial charge in [-0.15, -0.1) is 39.7 Å². The van der Waals surface area contributed by atoms with Gasteiger partial charge in [0, 0.05) is 0 Å². The van der Waals surface area contributed by atoms with Crippen LogP contribution in [0.3, 0.4) is 0 Å². The number of allylic oxidation sites excluding steroid dienone is 4. The molecular formula is C40H52Cl2Zr-2. The largest absolute Gasteiger partial charge is 1.00 e. The minimum absolute atomic E-state index is 0. The maximum atomic E-state index is 3.57. The van der Waals surface area contributed by atoms with Crippen LogP contribution in [-0.2, 0) is 35.1 Å². The molecule has 5 aliphatic carbocycles. The summed E-state index contributed by atoms with van der Waals surface area (Å²) in [4.78, 5) is 0. The SMILES string of the molecule is CC(C)(C)c1ccc2c(c1)[cH-]c1cc(C(C)(C)C)ccc12.CC1=[C-]C(C)C=C1CC12CC3CC(CC(C3)C1)C2.[CH2]=[Zr+2].[Cl-].[Cl-]. The minimum Gasteiger partial charge on any atom is -1.00 e. The molecule has 0 aromatic heterocycles. The second-order valence-corrected chi connectivity index (χ2v) is 16.1. The smallest absolute Gasteiger partial charge is 1.00 e. The van der Waals surface area contributed by atoms with E-state index >= 15 is 0 Å². The molecule has 232 valence electrons. The van der Waals surface area contributed by atoms with E-state index in [1.165, 1.54) is 68.9 Å². The Morgan fingerprint density at radius 1 is 0.791 bits per heavy atom. The van der Waals surface area contributed by atoms with Crippen LogP contribution in [0.1, 0.15) is 111 Å². The van der Waals surface area contributed by atoms with Crippen LogP contribution in [0, 0.1) is 35.2 Å². The summed E-state index contributed by atoms with van der Waals surface area (Å²) in [5.74, 6) is 3.82. The van der Waals surface area contributed by atoms with Crippen molar-refractivity contribution >= 4 is 25.8 Å². The van der Waals surface area contributed by atoms with Crippen LogP contribution in [0.2, 0.25) is 0 Å². The minimum atomic E-state index is 0. The maximum Gasteiger partial charge on any atom is -1.00 e. The molecule has 0 saturated heterocycles. The first-order chi connectivity index (χ1) is 19.3. The van der Waals surface area contributed by atoms with E-state index in [1.807, 2.05) is 0 Å². The Kier molecular flexibility index (Phi) is 11.8. The van der Waals surface area contributed by atoms with Crippen LogP contribution in [0.5, 0.6) is 0 Å². The first kappa shape index (κ1) is 36.6. The van der Waals surface area contributed by atoms with Gasteiger partial charge in [-0.25, -0.2) is 5.57 Å². The van der Waals surface area contributed by atoms with E-state index < -0.39 is 0 Å². The van der Waals surface area contributed by atoms with Gasteiger partial charge in [0.1, 0.15) is 0 Å². The Bertz CT molecular complexity index is 1370. The van der Waals surface area contributed by atoms with Crippen molar-refractivity contribution in [2.24, 2.45) is 29.1 Å². The summed E-state index contributed by atoms with van der Waals surface area (Å²) in [6.07, 6.45) is 16.7. The van der Waals surface area contributed by atoms with Gasteiger partial charge in [-0.05, 0) is 72.5 Å². The van der Waals surface area contributed by atoms with E-state index in [1.54, 1.807) is 44.1 Å². The first-order valence-electron chi connectivity index (χ1n) is 16.1. The fourth-order valence-electron chi connectivity index (χ4n) is 8.96. The van der Waals surface area contributed by atoms with E-state index in [9.17, 15) is 0 Å². The molecule has 1 atom stereocenters. The molecular weight excluding hydrogens is 643 g/mol. The Morgan fingerprint density at radius 3 is 1.56 bits per heavy atom. The normalized spacial score (nSPS) is 27.3. The molecule has 4 saturated carbocycles. The van der Waals surface area contributed by atoms with Crippen LogP contribution in [-0.4, -0.2) is 4.21 Å². The molecule has 43 heavy (non-hydrogen) atoms. The van der Waals surface area contributed by atoms with Crippen LogP contribution in [0.15, 0.2) is 59.7 Å². The third kappa shape index (κ3) is 7.92. The number of halogens is 2. The van der Waals surface area contributed by atoms with Crippen LogP contribution in [0.25, 0.3) is 21.5 Å². The van der Waals surface area contributed by atoms with Crippen molar-refractivity contribution in [3.05, 3.63) is 76.9 Å². The predicted molar refractivity (Wildman–Crippen MR) is 176 cm³/mol. The summed E-state index contributed by atoms with van der Waals surface area (Å²) in [5.41, 5.74) is 7.01. The summed E-state index contributed by atoms with van der Waals surface area (Å²) in [6.45, 7) is 18.2. The van der Waals surface area contributed by atoms with E-state index in [2.05, 4.69) is 114 Å². The fraction of sp³-hybridized carbons (Fsp3) is 0.550. The van der Waals surface area contributed by atoms with E-state index in [-0.39, 0.29) is 35.6 Å². The Hall–Kier alpha value is -0.877. The summed E-state index contributed by atoms with van der Waals surface area (Å²) < 4.78 is 3.34. The van der Waals surface area contributed by atoms with Crippen molar-refractivity contribution in [1.29, 1.82) is 0 Å². The standard InChI is InChI=1S/C21H25.C18H25.CH2.2ClH.Zr/c1-20(2,3)16-7-9-18-14(12-16)11-15-13-17(21(4,5)6)8-10-19(15)18;1-12-3-13(2)17(4-12)11-18-8-14-5-15(9-18)7-16(6-14)10-18;;;;/h7-13H,1-6H3;4,12,14-16H,5-11H2,1-2H3;1H2;2*1H;/q2*-1;;;;+2/p-2. The topological polar surface area (TPSA) is 0 Å². The molecule has 0 nitrogen and oxygen atoms in total. The third-order valence-electron chi connectivity index (χ3n) is 10.5. The van der Waals surface area contributed by atoms with Crippen molar-refractivity contribution in [1.82, 2.24) is 0 Å². The van der Waals surface area contributed by atoms with Gasteiger partial charge in [-0.1, -0.05) is 103 Å². The molecule has 8 rings (SSSR count). The van der Waals surface area contributed by atoms with Gasteiger partial charge in [0.2, 0.25) is 0 Å². The average molecular weight is 695 g/mol. The molecule has 3 heteroatoms. The Morgan fingerprint density at radius 2 is 1.21 bits per heavy atom. The molecule has 5 aliphatic rings. The second kappa shape index (κ2) is 13.9. The zero-order valence-corrected chi connectivity index (χ0v) is 31.8. The Balaban J connectivity index is 0.000000215. The number of hydrogen-bond acceptors (Lipinski definition) is 0. The van der Waals surface area contributed by atoms with Crippen LogP contribution in [0.4, 0.5) is 0 Å². The first-order valence-corrected chi connectivity index (χ1v) is 17.8. The summed E-state index contributed by atoms with van der Waals surface area (Å²) in [5, 5.41) is 5.48. The summed E-state index contributed by atoms with van der Waals surface area (Å²) in [7, 11) is 0. The fourth-order valence-corrected chi connectivity index (χ4v) is 8.96. The molecule has 1 unspecified atom stereocenters.